The molecule has 2 aromatic carbocycles. The third-order valence-corrected chi connectivity index (χ3v) is 4.09. The maximum Gasteiger partial charge on any atom is 0.123 e. The van der Waals surface area contributed by atoms with Crippen molar-refractivity contribution < 1.29 is 9.47 Å². The Hall–Kier alpha value is -1.52. The van der Waals surface area contributed by atoms with E-state index in [1.165, 1.54) is 0 Å². The molecule has 0 amide bonds. The minimum absolute atomic E-state index is 0.0376. The topological polar surface area (TPSA) is 30.5 Å². The average Bonchev–Trinajstić information content (AvgIpc) is 2.53. The Kier molecular flexibility index (Phi) is 5.65. The van der Waals surface area contributed by atoms with E-state index >= 15 is 0 Å². The van der Waals surface area contributed by atoms with Gasteiger partial charge in [-0.15, -0.1) is 0 Å². The molecule has 4 heteroatoms. The standard InChI is InChI=1S/C17H20BrNO2/c1-4-19-17(13-7-5-6-8-16(13)21-3)14-11-12(20-2)9-10-15(14)18/h5-11,17,19H,4H2,1-3H3. The van der Waals surface area contributed by atoms with Crippen LogP contribution in [0.25, 0.3) is 0 Å². The van der Waals surface area contributed by atoms with Gasteiger partial charge in [0.25, 0.3) is 0 Å². The molecule has 3 nitrogen and oxygen atoms in total. The molecule has 0 saturated heterocycles. The summed E-state index contributed by atoms with van der Waals surface area (Å²) >= 11 is 3.64. The largest absolute Gasteiger partial charge is 0.497 e. The summed E-state index contributed by atoms with van der Waals surface area (Å²) in [6.07, 6.45) is 0. The molecule has 0 aliphatic rings. The number of hydrogen-bond donors (Lipinski definition) is 1. The van der Waals surface area contributed by atoms with Crippen LogP contribution in [0.2, 0.25) is 0 Å². The smallest absolute Gasteiger partial charge is 0.123 e. The van der Waals surface area contributed by atoms with Crippen molar-refractivity contribution in [2.75, 3.05) is 20.8 Å². The van der Waals surface area contributed by atoms with Crippen LogP contribution in [-0.4, -0.2) is 20.8 Å². The molecule has 1 N–H and O–H groups in total. The molecule has 0 bridgehead atoms. The second kappa shape index (κ2) is 7.48. The van der Waals surface area contributed by atoms with Gasteiger partial charge in [-0.2, -0.15) is 0 Å². The number of benzene rings is 2. The molecule has 2 rings (SSSR count). The first-order chi connectivity index (χ1) is 10.2. The van der Waals surface area contributed by atoms with Crippen LogP contribution in [0.5, 0.6) is 11.5 Å². The van der Waals surface area contributed by atoms with Gasteiger partial charge in [0, 0.05) is 10.0 Å². The highest BCUT2D eigenvalue weighted by Gasteiger charge is 2.20. The summed E-state index contributed by atoms with van der Waals surface area (Å²) in [7, 11) is 3.38. The van der Waals surface area contributed by atoms with E-state index in [9.17, 15) is 0 Å². The highest BCUT2D eigenvalue weighted by atomic mass is 79.9. The quantitative estimate of drug-likeness (QED) is 0.848. The molecule has 21 heavy (non-hydrogen) atoms. The molecule has 0 spiro atoms. The van der Waals surface area contributed by atoms with Crippen LogP contribution in [0, 0.1) is 0 Å². The van der Waals surface area contributed by atoms with Gasteiger partial charge in [-0.3, -0.25) is 0 Å². The third-order valence-electron chi connectivity index (χ3n) is 3.37. The van der Waals surface area contributed by atoms with Crippen molar-refractivity contribution in [2.24, 2.45) is 0 Å². The van der Waals surface area contributed by atoms with Crippen molar-refractivity contribution in [2.45, 2.75) is 13.0 Å². The summed E-state index contributed by atoms with van der Waals surface area (Å²) in [5, 5.41) is 3.52. The van der Waals surface area contributed by atoms with Crippen molar-refractivity contribution in [1.29, 1.82) is 0 Å². The Labute approximate surface area is 134 Å². The van der Waals surface area contributed by atoms with Gasteiger partial charge in [-0.05, 0) is 36.4 Å². The average molecular weight is 350 g/mol. The maximum atomic E-state index is 5.50. The van der Waals surface area contributed by atoms with Crippen molar-refractivity contribution in [1.82, 2.24) is 5.32 Å². The number of hydrogen-bond acceptors (Lipinski definition) is 3. The number of methoxy groups -OCH3 is 2. The Morgan fingerprint density at radius 3 is 2.48 bits per heavy atom. The van der Waals surface area contributed by atoms with Crippen molar-refractivity contribution in [3.8, 4) is 11.5 Å². The van der Waals surface area contributed by atoms with E-state index in [4.69, 9.17) is 9.47 Å². The second-order valence-corrected chi connectivity index (χ2v) is 5.47. The normalized spacial score (nSPS) is 12.0. The number of para-hydroxylation sites is 1. The van der Waals surface area contributed by atoms with Gasteiger partial charge in [0.15, 0.2) is 0 Å². The maximum absolute atomic E-state index is 5.50. The summed E-state index contributed by atoms with van der Waals surface area (Å²) in [6, 6.07) is 14.1. The lowest BCUT2D eigenvalue weighted by Crippen LogP contribution is -2.23. The monoisotopic (exact) mass is 349 g/mol. The molecule has 0 saturated carbocycles. The van der Waals surface area contributed by atoms with Gasteiger partial charge < -0.3 is 14.8 Å². The number of rotatable bonds is 6. The molecule has 0 aromatic heterocycles. The lowest BCUT2D eigenvalue weighted by Gasteiger charge is -2.22. The molecular formula is C17H20BrNO2. The Morgan fingerprint density at radius 2 is 1.81 bits per heavy atom. The van der Waals surface area contributed by atoms with Crippen LogP contribution in [0.4, 0.5) is 0 Å². The van der Waals surface area contributed by atoms with E-state index in [-0.39, 0.29) is 6.04 Å². The van der Waals surface area contributed by atoms with Gasteiger partial charge in [-0.1, -0.05) is 41.1 Å². The summed E-state index contributed by atoms with van der Waals surface area (Å²) in [5.74, 6) is 1.71. The molecule has 112 valence electrons. The van der Waals surface area contributed by atoms with Crippen molar-refractivity contribution in [3.63, 3.8) is 0 Å². The second-order valence-electron chi connectivity index (χ2n) is 4.62. The lowest BCUT2D eigenvalue weighted by molar-refractivity contribution is 0.403. The SMILES string of the molecule is CCNC(c1cc(OC)ccc1Br)c1ccccc1OC. The predicted octanol–water partition coefficient (Wildman–Crippen LogP) is 4.17. The van der Waals surface area contributed by atoms with Crippen LogP contribution >= 0.6 is 15.9 Å². The first kappa shape index (κ1) is 15.9. The molecule has 0 aliphatic carbocycles. The van der Waals surface area contributed by atoms with Gasteiger partial charge in [0.1, 0.15) is 11.5 Å². The van der Waals surface area contributed by atoms with E-state index in [2.05, 4.69) is 34.2 Å². The first-order valence-electron chi connectivity index (χ1n) is 6.91. The van der Waals surface area contributed by atoms with Crippen LogP contribution in [0.3, 0.4) is 0 Å². The first-order valence-corrected chi connectivity index (χ1v) is 7.70. The van der Waals surface area contributed by atoms with Crippen molar-refractivity contribution in [3.05, 3.63) is 58.1 Å². The number of ether oxygens (including phenoxy) is 2. The highest BCUT2D eigenvalue weighted by Crippen LogP contribution is 2.35. The number of nitrogens with one attached hydrogen (secondary N) is 1. The van der Waals surface area contributed by atoms with Crippen LogP contribution in [0.15, 0.2) is 46.9 Å². The zero-order valence-electron chi connectivity index (χ0n) is 12.5. The summed E-state index contributed by atoms with van der Waals surface area (Å²) in [4.78, 5) is 0. The van der Waals surface area contributed by atoms with E-state index in [1.54, 1.807) is 14.2 Å². The Balaban J connectivity index is 2.53. The van der Waals surface area contributed by atoms with Gasteiger partial charge in [0.2, 0.25) is 0 Å². The Bertz CT molecular complexity index is 601. The summed E-state index contributed by atoms with van der Waals surface area (Å²) in [6.45, 7) is 2.95. The van der Waals surface area contributed by atoms with E-state index in [0.717, 1.165) is 33.6 Å². The number of halogens is 1. The lowest BCUT2D eigenvalue weighted by atomic mass is 9.97. The molecule has 0 fully saturated rings. The molecule has 0 aliphatic heterocycles. The molecule has 2 aromatic rings. The fourth-order valence-electron chi connectivity index (χ4n) is 2.37. The summed E-state index contributed by atoms with van der Waals surface area (Å²) < 4.78 is 11.9. The van der Waals surface area contributed by atoms with E-state index in [1.807, 2.05) is 36.4 Å². The van der Waals surface area contributed by atoms with Crippen molar-refractivity contribution >= 4 is 15.9 Å². The zero-order valence-corrected chi connectivity index (χ0v) is 14.1. The molecule has 0 radical (unpaired) electrons. The zero-order chi connectivity index (χ0) is 15.2. The van der Waals surface area contributed by atoms with Crippen LogP contribution in [-0.2, 0) is 0 Å². The molecule has 0 heterocycles. The van der Waals surface area contributed by atoms with Gasteiger partial charge in [-0.25, -0.2) is 0 Å². The van der Waals surface area contributed by atoms with E-state index in [0.29, 0.717) is 0 Å². The van der Waals surface area contributed by atoms with Gasteiger partial charge >= 0.3 is 0 Å². The molecule has 1 unspecified atom stereocenters. The van der Waals surface area contributed by atoms with Gasteiger partial charge in [0.05, 0.1) is 20.3 Å². The van der Waals surface area contributed by atoms with Crippen LogP contribution in [0.1, 0.15) is 24.1 Å². The van der Waals surface area contributed by atoms with E-state index < -0.39 is 0 Å². The fraction of sp³-hybridized carbons (Fsp3) is 0.294. The highest BCUT2D eigenvalue weighted by molar-refractivity contribution is 9.10. The molecule has 1 atom stereocenters. The van der Waals surface area contributed by atoms with Crippen LogP contribution < -0.4 is 14.8 Å². The minimum Gasteiger partial charge on any atom is -0.497 e. The minimum atomic E-state index is 0.0376. The predicted molar refractivity (Wildman–Crippen MR) is 89.2 cm³/mol. The molecular weight excluding hydrogens is 330 g/mol. The summed E-state index contributed by atoms with van der Waals surface area (Å²) in [5.41, 5.74) is 2.23. The fourth-order valence-corrected chi connectivity index (χ4v) is 2.84. The Morgan fingerprint density at radius 1 is 1.05 bits per heavy atom. The third kappa shape index (κ3) is 3.57.